The Hall–Kier alpha value is -2.59. The molecule has 1 fully saturated rings. The largest absolute Gasteiger partial charge is 0.573 e. The molecule has 0 saturated carbocycles. The average Bonchev–Trinajstić information content (AvgIpc) is 3.19. The van der Waals surface area contributed by atoms with Crippen LogP contribution in [-0.4, -0.2) is 38.8 Å². The van der Waals surface area contributed by atoms with E-state index in [1.165, 1.54) is 12.1 Å². The average molecular weight is 511 g/mol. The number of nitrogens with one attached hydrogen (secondary N) is 1. The van der Waals surface area contributed by atoms with Gasteiger partial charge in [-0.3, -0.25) is 4.90 Å². The molecule has 1 N–H and O–H groups in total. The minimum atomic E-state index is -4.89. The zero-order valence-electron chi connectivity index (χ0n) is 17.9. The van der Waals surface area contributed by atoms with Gasteiger partial charge in [0.05, 0.1) is 4.90 Å². The lowest BCUT2D eigenvalue weighted by Crippen LogP contribution is -2.37. The molecule has 3 aromatic rings. The molecule has 0 aromatic heterocycles. The van der Waals surface area contributed by atoms with Crippen molar-refractivity contribution in [2.75, 3.05) is 13.1 Å². The molecular weight excluding hydrogens is 489 g/mol. The van der Waals surface area contributed by atoms with Crippen LogP contribution in [0.15, 0.2) is 77.7 Å². The van der Waals surface area contributed by atoms with E-state index in [0.29, 0.717) is 31.1 Å². The fourth-order valence-corrected chi connectivity index (χ4v) is 5.41. The first-order valence-electron chi connectivity index (χ1n) is 10.5. The van der Waals surface area contributed by atoms with Crippen LogP contribution in [0.25, 0.3) is 11.1 Å². The Bertz CT molecular complexity index is 1250. The summed E-state index contributed by atoms with van der Waals surface area (Å²) in [6.45, 7) is 1.84. The molecule has 0 spiro atoms. The summed E-state index contributed by atoms with van der Waals surface area (Å²) in [6.07, 6.45) is -4.30. The fourth-order valence-electron chi connectivity index (χ4n) is 3.93. The Balaban J connectivity index is 1.35. The van der Waals surface area contributed by atoms with Crippen molar-refractivity contribution in [1.82, 2.24) is 9.62 Å². The Morgan fingerprint density at radius 1 is 1.00 bits per heavy atom. The Labute approximate surface area is 201 Å². The van der Waals surface area contributed by atoms with Crippen LogP contribution < -0.4 is 9.46 Å². The van der Waals surface area contributed by atoms with Crippen molar-refractivity contribution in [1.29, 1.82) is 0 Å². The van der Waals surface area contributed by atoms with Gasteiger partial charge in [0.2, 0.25) is 10.0 Å². The minimum absolute atomic E-state index is 0.274. The molecule has 1 aliphatic rings. The van der Waals surface area contributed by atoms with E-state index in [1.54, 1.807) is 0 Å². The zero-order chi connectivity index (χ0) is 24.3. The molecule has 1 aliphatic heterocycles. The van der Waals surface area contributed by atoms with Crippen molar-refractivity contribution in [2.24, 2.45) is 0 Å². The van der Waals surface area contributed by atoms with Gasteiger partial charge in [-0.25, -0.2) is 13.1 Å². The summed E-state index contributed by atoms with van der Waals surface area (Å²) >= 11 is 6.06. The lowest BCUT2D eigenvalue weighted by Gasteiger charge is -2.17. The van der Waals surface area contributed by atoms with Gasteiger partial charge in [-0.05, 0) is 47.4 Å². The highest BCUT2D eigenvalue weighted by Gasteiger charge is 2.32. The number of rotatable bonds is 7. The first-order chi connectivity index (χ1) is 16.1. The van der Waals surface area contributed by atoms with E-state index >= 15 is 0 Å². The predicted molar refractivity (Wildman–Crippen MR) is 124 cm³/mol. The van der Waals surface area contributed by atoms with Crippen LogP contribution in [0.1, 0.15) is 12.0 Å². The molecule has 34 heavy (non-hydrogen) atoms. The molecule has 5 nitrogen and oxygen atoms in total. The molecule has 3 aromatic carbocycles. The number of halogens is 4. The number of likely N-dealkylation sites (tertiary alicyclic amines) is 1. The molecule has 1 unspecified atom stereocenters. The van der Waals surface area contributed by atoms with E-state index in [9.17, 15) is 21.6 Å². The maximum absolute atomic E-state index is 12.7. The maximum Gasteiger partial charge on any atom is 0.573 e. The summed E-state index contributed by atoms with van der Waals surface area (Å²) < 4.78 is 69.1. The van der Waals surface area contributed by atoms with Crippen LogP contribution in [0.3, 0.4) is 0 Å². The van der Waals surface area contributed by atoms with Gasteiger partial charge in [-0.15, -0.1) is 13.2 Å². The number of hydrogen-bond acceptors (Lipinski definition) is 4. The van der Waals surface area contributed by atoms with Crippen LogP contribution in [0, 0.1) is 0 Å². The van der Waals surface area contributed by atoms with Crippen LogP contribution in [0.2, 0.25) is 5.02 Å². The second-order valence-electron chi connectivity index (χ2n) is 8.07. The van der Waals surface area contributed by atoms with Gasteiger partial charge in [0.15, 0.2) is 0 Å². The van der Waals surface area contributed by atoms with Gasteiger partial charge < -0.3 is 4.74 Å². The molecule has 0 amide bonds. The minimum Gasteiger partial charge on any atom is -0.406 e. The molecule has 0 radical (unpaired) electrons. The molecule has 180 valence electrons. The summed E-state index contributed by atoms with van der Waals surface area (Å²) in [5.74, 6) is -0.579. The van der Waals surface area contributed by atoms with Crippen LogP contribution >= 0.6 is 11.6 Å². The van der Waals surface area contributed by atoms with E-state index < -0.39 is 22.1 Å². The Morgan fingerprint density at radius 2 is 1.74 bits per heavy atom. The number of alkyl halides is 3. The van der Waals surface area contributed by atoms with Crippen molar-refractivity contribution < 1.29 is 26.3 Å². The fraction of sp³-hybridized carbons (Fsp3) is 0.250. The lowest BCUT2D eigenvalue weighted by atomic mass is 10.0. The summed E-state index contributed by atoms with van der Waals surface area (Å²) in [4.78, 5) is 1.86. The van der Waals surface area contributed by atoms with Crippen molar-refractivity contribution in [2.45, 2.75) is 30.3 Å². The number of ether oxygens (including phenoxy) is 1. The van der Waals surface area contributed by atoms with Crippen molar-refractivity contribution in [3.63, 3.8) is 0 Å². The third-order valence-electron chi connectivity index (χ3n) is 5.46. The van der Waals surface area contributed by atoms with E-state index in [4.69, 9.17) is 11.6 Å². The molecule has 0 aliphatic carbocycles. The highest BCUT2D eigenvalue weighted by Crippen LogP contribution is 2.26. The Morgan fingerprint density at radius 3 is 2.44 bits per heavy atom. The molecule has 1 atom stereocenters. The Kier molecular flexibility index (Phi) is 7.18. The lowest BCUT2D eigenvalue weighted by molar-refractivity contribution is -0.274. The van der Waals surface area contributed by atoms with Gasteiger partial charge >= 0.3 is 6.36 Å². The summed E-state index contributed by atoms with van der Waals surface area (Å²) in [7, 11) is -3.99. The van der Waals surface area contributed by atoms with Crippen molar-refractivity contribution in [3.05, 3.63) is 83.4 Å². The second-order valence-corrected chi connectivity index (χ2v) is 10.2. The number of benzene rings is 3. The third-order valence-corrected chi connectivity index (χ3v) is 7.21. The van der Waals surface area contributed by atoms with E-state index in [1.807, 2.05) is 48.5 Å². The van der Waals surface area contributed by atoms with Gasteiger partial charge in [0.25, 0.3) is 0 Å². The molecule has 1 heterocycles. The first kappa shape index (κ1) is 24.5. The van der Waals surface area contributed by atoms with E-state index in [0.717, 1.165) is 28.8 Å². The van der Waals surface area contributed by atoms with Gasteiger partial charge in [-0.2, -0.15) is 0 Å². The first-order valence-corrected chi connectivity index (χ1v) is 12.4. The van der Waals surface area contributed by atoms with Crippen LogP contribution in [-0.2, 0) is 16.6 Å². The summed E-state index contributed by atoms with van der Waals surface area (Å²) in [5, 5.41) is 0.673. The second kappa shape index (κ2) is 9.95. The van der Waals surface area contributed by atoms with Gasteiger partial charge in [0, 0.05) is 36.8 Å². The quantitative estimate of drug-likeness (QED) is 0.458. The topological polar surface area (TPSA) is 58.6 Å². The molecule has 10 heteroatoms. The molecule has 4 rings (SSSR count). The highest BCUT2D eigenvalue weighted by molar-refractivity contribution is 7.89. The summed E-state index contributed by atoms with van der Waals surface area (Å²) in [6, 6.07) is 19.7. The number of nitrogens with zero attached hydrogens (tertiary/aromatic N) is 1. The molecule has 0 bridgehead atoms. The normalized spacial score (nSPS) is 17.1. The molecular formula is C24H22ClF3N2O3S. The number of hydrogen-bond donors (Lipinski definition) is 1. The maximum atomic E-state index is 12.7. The van der Waals surface area contributed by atoms with Crippen LogP contribution in [0.4, 0.5) is 13.2 Å². The molecule has 1 saturated heterocycles. The third kappa shape index (κ3) is 6.50. The SMILES string of the molecule is O=S(=O)(NC1CCN(Cc2ccc(-c3cccc(Cl)c3)cc2)C1)c1cccc(OC(F)(F)F)c1. The highest BCUT2D eigenvalue weighted by atomic mass is 35.5. The monoisotopic (exact) mass is 510 g/mol. The van der Waals surface area contributed by atoms with Crippen molar-refractivity contribution in [3.8, 4) is 16.9 Å². The smallest absolute Gasteiger partial charge is 0.406 e. The standard InChI is InChI=1S/C24H22ClF3N2O3S/c25-20-4-1-3-19(13-20)18-9-7-17(8-10-18)15-30-12-11-21(16-30)29-34(31,32)23-6-2-5-22(14-23)33-24(26,27)28/h1-10,13-14,21,29H,11-12,15-16H2. The van der Waals surface area contributed by atoms with Gasteiger partial charge in [0.1, 0.15) is 5.75 Å². The van der Waals surface area contributed by atoms with E-state index in [2.05, 4.69) is 14.4 Å². The van der Waals surface area contributed by atoms with E-state index in [-0.39, 0.29) is 10.9 Å². The van der Waals surface area contributed by atoms with Gasteiger partial charge in [-0.1, -0.05) is 54.1 Å². The predicted octanol–water partition coefficient (Wildman–Crippen LogP) is 5.46. The zero-order valence-corrected chi connectivity index (χ0v) is 19.5. The van der Waals surface area contributed by atoms with Crippen LogP contribution in [0.5, 0.6) is 5.75 Å². The van der Waals surface area contributed by atoms with Crippen molar-refractivity contribution >= 4 is 21.6 Å². The summed E-state index contributed by atoms with van der Waals surface area (Å²) in [5.41, 5.74) is 3.17. The number of sulfonamides is 1.